The standard InChI is InChI=1S/C15H22N2OS/c1-11-5-6-14(8-12(11)2)16-15(19)17-7-3-4-13(9-17)10-18/h5-6,8,13,18H,3-4,7,9-10H2,1-2H3,(H,16,19)/t13-/m1/s1. The van der Waals surface area contributed by atoms with Crippen LogP contribution < -0.4 is 5.32 Å². The van der Waals surface area contributed by atoms with E-state index in [2.05, 4.69) is 42.3 Å². The summed E-state index contributed by atoms with van der Waals surface area (Å²) in [5, 5.41) is 13.3. The predicted molar refractivity (Wildman–Crippen MR) is 83.5 cm³/mol. The zero-order valence-electron chi connectivity index (χ0n) is 11.6. The minimum atomic E-state index is 0.253. The van der Waals surface area contributed by atoms with Gasteiger partial charge in [0.05, 0.1) is 0 Å². The van der Waals surface area contributed by atoms with Gasteiger partial charge in [0.25, 0.3) is 0 Å². The summed E-state index contributed by atoms with van der Waals surface area (Å²) in [6, 6.07) is 6.28. The van der Waals surface area contributed by atoms with Crippen molar-refractivity contribution in [3.63, 3.8) is 0 Å². The van der Waals surface area contributed by atoms with Gasteiger partial charge in [-0.05, 0) is 68.1 Å². The van der Waals surface area contributed by atoms with Crippen molar-refractivity contribution in [3.05, 3.63) is 29.3 Å². The van der Waals surface area contributed by atoms with Crippen LogP contribution in [0.5, 0.6) is 0 Å². The van der Waals surface area contributed by atoms with Crippen molar-refractivity contribution in [1.29, 1.82) is 0 Å². The van der Waals surface area contributed by atoms with Crippen molar-refractivity contribution in [3.8, 4) is 0 Å². The predicted octanol–water partition coefficient (Wildman–Crippen LogP) is 2.70. The van der Waals surface area contributed by atoms with E-state index in [1.165, 1.54) is 11.1 Å². The second-order valence-electron chi connectivity index (χ2n) is 5.37. The van der Waals surface area contributed by atoms with Crippen molar-refractivity contribution in [2.75, 3.05) is 25.0 Å². The topological polar surface area (TPSA) is 35.5 Å². The highest BCUT2D eigenvalue weighted by Gasteiger charge is 2.21. The number of benzene rings is 1. The number of hydrogen-bond donors (Lipinski definition) is 2. The molecule has 3 nitrogen and oxygen atoms in total. The van der Waals surface area contributed by atoms with Crippen LogP contribution in [0, 0.1) is 19.8 Å². The zero-order chi connectivity index (χ0) is 13.8. The lowest BCUT2D eigenvalue weighted by molar-refractivity contribution is 0.162. The van der Waals surface area contributed by atoms with Crippen LogP contribution in [0.3, 0.4) is 0 Å². The average Bonchev–Trinajstić information content (AvgIpc) is 2.43. The molecule has 0 radical (unpaired) electrons. The van der Waals surface area contributed by atoms with Crippen LogP contribution in [-0.4, -0.2) is 34.8 Å². The maximum absolute atomic E-state index is 9.26. The molecule has 1 aliphatic heterocycles. The van der Waals surface area contributed by atoms with Crippen LogP contribution in [0.4, 0.5) is 5.69 Å². The SMILES string of the molecule is Cc1ccc(NC(=S)N2CCC[C@@H](CO)C2)cc1C. The monoisotopic (exact) mass is 278 g/mol. The molecule has 0 spiro atoms. The van der Waals surface area contributed by atoms with Gasteiger partial charge in [-0.2, -0.15) is 0 Å². The average molecular weight is 278 g/mol. The minimum absolute atomic E-state index is 0.253. The Kier molecular flexibility index (Phi) is 4.77. The molecule has 1 aromatic carbocycles. The Morgan fingerprint density at radius 2 is 2.21 bits per heavy atom. The second kappa shape index (κ2) is 6.35. The molecule has 1 aliphatic rings. The first-order valence-corrected chi connectivity index (χ1v) is 7.25. The molecule has 1 saturated heterocycles. The highest BCUT2D eigenvalue weighted by atomic mass is 32.1. The number of aliphatic hydroxyl groups excluding tert-OH is 1. The maximum atomic E-state index is 9.26. The van der Waals surface area contributed by atoms with E-state index in [0.717, 1.165) is 36.7 Å². The second-order valence-corrected chi connectivity index (χ2v) is 5.75. The number of rotatable bonds is 2. The quantitative estimate of drug-likeness (QED) is 0.815. The van der Waals surface area contributed by atoms with Crippen LogP contribution in [0.1, 0.15) is 24.0 Å². The lowest BCUT2D eigenvalue weighted by Gasteiger charge is -2.33. The first-order chi connectivity index (χ1) is 9.10. The summed E-state index contributed by atoms with van der Waals surface area (Å²) in [7, 11) is 0. The van der Waals surface area contributed by atoms with Crippen LogP contribution in [-0.2, 0) is 0 Å². The van der Waals surface area contributed by atoms with Crippen molar-refractivity contribution in [1.82, 2.24) is 4.90 Å². The number of thiocarbonyl (C=S) groups is 1. The van der Waals surface area contributed by atoms with Gasteiger partial charge in [0.15, 0.2) is 5.11 Å². The van der Waals surface area contributed by atoms with E-state index in [0.29, 0.717) is 5.92 Å². The molecule has 104 valence electrons. The normalized spacial score (nSPS) is 19.3. The summed E-state index contributed by atoms with van der Waals surface area (Å²) >= 11 is 5.47. The highest BCUT2D eigenvalue weighted by Crippen LogP contribution is 2.18. The number of nitrogens with zero attached hydrogens (tertiary/aromatic N) is 1. The molecule has 0 unspecified atom stereocenters. The van der Waals surface area contributed by atoms with Gasteiger partial charge < -0.3 is 15.3 Å². The van der Waals surface area contributed by atoms with Gasteiger partial charge in [0, 0.05) is 25.4 Å². The number of anilines is 1. The number of aryl methyl sites for hydroxylation is 2. The molecule has 19 heavy (non-hydrogen) atoms. The van der Waals surface area contributed by atoms with E-state index in [-0.39, 0.29) is 6.61 Å². The lowest BCUT2D eigenvalue weighted by atomic mass is 9.99. The fourth-order valence-electron chi connectivity index (χ4n) is 2.42. The Morgan fingerprint density at radius 1 is 1.42 bits per heavy atom. The van der Waals surface area contributed by atoms with Crippen molar-refractivity contribution in [2.45, 2.75) is 26.7 Å². The molecule has 2 rings (SSSR count). The fraction of sp³-hybridized carbons (Fsp3) is 0.533. The first-order valence-electron chi connectivity index (χ1n) is 6.84. The highest BCUT2D eigenvalue weighted by molar-refractivity contribution is 7.80. The van der Waals surface area contributed by atoms with Gasteiger partial charge in [-0.3, -0.25) is 0 Å². The van der Waals surface area contributed by atoms with E-state index in [9.17, 15) is 5.11 Å². The third kappa shape index (κ3) is 3.67. The van der Waals surface area contributed by atoms with Crippen LogP contribution in [0.2, 0.25) is 0 Å². The summed E-state index contributed by atoms with van der Waals surface area (Å²) in [5.41, 5.74) is 3.59. The van der Waals surface area contributed by atoms with Gasteiger partial charge in [-0.15, -0.1) is 0 Å². The molecule has 0 bridgehead atoms. The van der Waals surface area contributed by atoms with Crippen molar-refractivity contribution < 1.29 is 5.11 Å². The largest absolute Gasteiger partial charge is 0.396 e. The third-order valence-electron chi connectivity index (χ3n) is 3.82. The Hall–Kier alpha value is -1.13. The lowest BCUT2D eigenvalue weighted by Crippen LogP contribution is -2.43. The Bertz CT molecular complexity index is 461. The first kappa shape index (κ1) is 14.3. The minimum Gasteiger partial charge on any atom is -0.396 e. The van der Waals surface area contributed by atoms with Crippen molar-refractivity contribution in [2.24, 2.45) is 5.92 Å². The molecule has 4 heteroatoms. The molecule has 1 heterocycles. The van der Waals surface area contributed by atoms with Gasteiger partial charge in [0.1, 0.15) is 0 Å². The van der Waals surface area contributed by atoms with Crippen molar-refractivity contribution >= 4 is 23.0 Å². The van der Waals surface area contributed by atoms with E-state index in [1.807, 2.05) is 0 Å². The van der Waals surface area contributed by atoms with Gasteiger partial charge in [0.2, 0.25) is 0 Å². The Morgan fingerprint density at radius 3 is 2.89 bits per heavy atom. The number of nitrogens with one attached hydrogen (secondary N) is 1. The van der Waals surface area contributed by atoms with Gasteiger partial charge in [-0.1, -0.05) is 6.07 Å². The number of piperidine rings is 1. The Balaban J connectivity index is 1.98. The summed E-state index contributed by atoms with van der Waals surface area (Å²) < 4.78 is 0. The van der Waals surface area contributed by atoms with Gasteiger partial charge >= 0.3 is 0 Å². The Labute approximate surface area is 120 Å². The summed E-state index contributed by atoms with van der Waals surface area (Å²) in [6.45, 7) is 6.29. The number of likely N-dealkylation sites (tertiary alicyclic amines) is 1. The van der Waals surface area contributed by atoms with Crippen LogP contribution >= 0.6 is 12.2 Å². The molecule has 0 saturated carbocycles. The zero-order valence-corrected chi connectivity index (χ0v) is 12.5. The molecule has 0 aromatic heterocycles. The van der Waals surface area contributed by atoms with E-state index in [4.69, 9.17) is 12.2 Å². The molecule has 0 aliphatic carbocycles. The molecule has 1 fully saturated rings. The fourth-order valence-corrected chi connectivity index (χ4v) is 2.70. The molecule has 1 atom stereocenters. The van der Waals surface area contributed by atoms with Crippen LogP contribution in [0.25, 0.3) is 0 Å². The summed E-state index contributed by atoms with van der Waals surface area (Å²) in [5.74, 6) is 0.355. The number of aliphatic hydroxyl groups is 1. The summed E-state index contributed by atoms with van der Waals surface area (Å²) in [6.07, 6.45) is 2.19. The molecule has 2 N–H and O–H groups in total. The van der Waals surface area contributed by atoms with E-state index >= 15 is 0 Å². The van der Waals surface area contributed by atoms with E-state index in [1.54, 1.807) is 0 Å². The summed E-state index contributed by atoms with van der Waals surface area (Å²) in [4.78, 5) is 2.16. The maximum Gasteiger partial charge on any atom is 0.173 e. The van der Waals surface area contributed by atoms with E-state index < -0.39 is 0 Å². The van der Waals surface area contributed by atoms with Gasteiger partial charge in [-0.25, -0.2) is 0 Å². The van der Waals surface area contributed by atoms with Crippen LogP contribution in [0.15, 0.2) is 18.2 Å². The smallest absolute Gasteiger partial charge is 0.173 e. The third-order valence-corrected chi connectivity index (χ3v) is 4.18. The number of hydrogen-bond acceptors (Lipinski definition) is 2. The molecule has 0 amide bonds. The molecular weight excluding hydrogens is 256 g/mol. The molecule has 1 aromatic rings. The molecular formula is C15H22N2OS.